The second-order valence-electron chi connectivity index (χ2n) is 7.28. The lowest BCUT2D eigenvalue weighted by molar-refractivity contribution is 0.102. The number of benzene rings is 2. The number of azide groups is 1. The predicted molar refractivity (Wildman–Crippen MR) is 112 cm³/mol. The van der Waals surface area contributed by atoms with Crippen LogP contribution in [0.5, 0.6) is 5.75 Å². The Morgan fingerprint density at radius 3 is 2.79 bits per heavy atom. The molecule has 0 spiro atoms. The maximum absolute atomic E-state index is 12.6. The van der Waals surface area contributed by atoms with Crippen LogP contribution in [-0.4, -0.2) is 17.5 Å². The van der Waals surface area contributed by atoms with E-state index in [1.807, 2.05) is 37.3 Å². The molecule has 0 aliphatic heterocycles. The molecule has 1 aliphatic rings. The summed E-state index contributed by atoms with van der Waals surface area (Å²) in [6, 6.07) is 12.9. The van der Waals surface area contributed by atoms with Gasteiger partial charge in [0.05, 0.1) is 18.7 Å². The van der Waals surface area contributed by atoms with Crippen molar-refractivity contribution in [1.29, 1.82) is 0 Å². The Morgan fingerprint density at radius 1 is 1.28 bits per heavy atom. The van der Waals surface area contributed by atoms with E-state index in [-0.39, 0.29) is 12.5 Å². The van der Waals surface area contributed by atoms with Gasteiger partial charge in [0.2, 0.25) is 0 Å². The Kier molecular flexibility index (Phi) is 5.31. The predicted octanol–water partition coefficient (Wildman–Crippen LogP) is 5.39. The molecule has 1 aliphatic carbocycles. The van der Waals surface area contributed by atoms with Gasteiger partial charge in [-0.2, -0.15) is 0 Å². The minimum Gasteiger partial charge on any atom is -0.493 e. The summed E-state index contributed by atoms with van der Waals surface area (Å²) in [4.78, 5) is 19.9. The minimum absolute atomic E-state index is 0.179. The van der Waals surface area contributed by atoms with Crippen molar-refractivity contribution in [2.24, 2.45) is 11.0 Å². The summed E-state index contributed by atoms with van der Waals surface area (Å²) >= 11 is 0. The van der Waals surface area contributed by atoms with Crippen molar-refractivity contribution in [2.75, 3.05) is 11.9 Å². The van der Waals surface area contributed by atoms with Crippen molar-refractivity contribution in [3.63, 3.8) is 0 Å². The molecule has 0 saturated heterocycles. The van der Waals surface area contributed by atoms with Crippen LogP contribution in [0.3, 0.4) is 0 Å². The topological polar surface area (TPSA) is 100.0 Å². The first-order valence-corrected chi connectivity index (χ1v) is 9.57. The molecule has 0 radical (unpaired) electrons. The van der Waals surface area contributed by atoms with Crippen molar-refractivity contribution < 1.29 is 9.53 Å². The number of aryl methyl sites for hydroxylation is 1. The Bertz CT molecular complexity index is 1100. The average Bonchev–Trinajstić information content (AvgIpc) is 3.57. The molecule has 1 saturated carbocycles. The molecule has 29 heavy (non-hydrogen) atoms. The fraction of sp³-hybridized carbons (Fsp3) is 0.273. The largest absolute Gasteiger partial charge is 0.493 e. The van der Waals surface area contributed by atoms with Crippen molar-refractivity contribution in [2.45, 2.75) is 26.3 Å². The van der Waals surface area contributed by atoms with E-state index in [0.29, 0.717) is 17.2 Å². The molecule has 3 aromatic rings. The number of fused-ring (bicyclic) bond motifs is 1. The van der Waals surface area contributed by atoms with Gasteiger partial charge in [-0.3, -0.25) is 9.78 Å². The van der Waals surface area contributed by atoms with E-state index in [0.717, 1.165) is 34.4 Å². The van der Waals surface area contributed by atoms with Gasteiger partial charge in [0.15, 0.2) is 0 Å². The quantitative estimate of drug-likeness (QED) is 0.334. The van der Waals surface area contributed by atoms with E-state index < -0.39 is 0 Å². The Balaban J connectivity index is 1.48. The number of nitrogens with zero attached hydrogens (tertiary/aromatic N) is 4. The van der Waals surface area contributed by atoms with Crippen LogP contribution in [0.2, 0.25) is 0 Å². The summed E-state index contributed by atoms with van der Waals surface area (Å²) in [5.74, 6) is 1.30. The number of rotatable bonds is 7. The van der Waals surface area contributed by atoms with Crippen molar-refractivity contribution in [1.82, 2.24) is 4.98 Å². The highest BCUT2D eigenvalue weighted by Crippen LogP contribution is 2.29. The van der Waals surface area contributed by atoms with E-state index >= 15 is 0 Å². The summed E-state index contributed by atoms with van der Waals surface area (Å²) in [6.45, 7) is 2.93. The monoisotopic (exact) mass is 387 g/mol. The Hall–Kier alpha value is -3.57. The fourth-order valence-electron chi connectivity index (χ4n) is 3.12. The van der Waals surface area contributed by atoms with E-state index in [2.05, 4.69) is 20.3 Å². The molecular formula is C22H21N5O2. The molecule has 1 N–H and O–H groups in total. The molecule has 0 unspecified atom stereocenters. The zero-order valence-corrected chi connectivity index (χ0v) is 16.1. The molecule has 4 rings (SSSR count). The number of anilines is 1. The first-order chi connectivity index (χ1) is 14.1. The third kappa shape index (κ3) is 4.47. The molecule has 0 bridgehead atoms. The van der Waals surface area contributed by atoms with Gasteiger partial charge < -0.3 is 10.1 Å². The molecule has 7 heteroatoms. The number of carbonyl (C=O) groups is 1. The van der Waals surface area contributed by atoms with Gasteiger partial charge in [-0.1, -0.05) is 11.2 Å². The summed E-state index contributed by atoms with van der Waals surface area (Å²) < 4.78 is 5.72. The van der Waals surface area contributed by atoms with Gasteiger partial charge in [-0.05, 0) is 78.7 Å². The molecule has 7 nitrogen and oxygen atoms in total. The summed E-state index contributed by atoms with van der Waals surface area (Å²) in [5.41, 5.74) is 12.3. The molecule has 2 aromatic carbocycles. The first-order valence-electron chi connectivity index (χ1n) is 9.57. The summed E-state index contributed by atoms with van der Waals surface area (Å²) in [5, 5.41) is 7.46. The van der Waals surface area contributed by atoms with Crippen molar-refractivity contribution >= 4 is 22.5 Å². The maximum Gasteiger partial charge on any atom is 0.255 e. The van der Waals surface area contributed by atoms with Gasteiger partial charge >= 0.3 is 0 Å². The van der Waals surface area contributed by atoms with Crippen LogP contribution in [0.1, 0.15) is 34.3 Å². The average molecular weight is 387 g/mol. The zero-order valence-electron chi connectivity index (χ0n) is 16.1. The molecule has 146 valence electrons. The molecule has 0 atom stereocenters. The van der Waals surface area contributed by atoms with Gasteiger partial charge in [0.1, 0.15) is 5.75 Å². The van der Waals surface area contributed by atoms with Crippen LogP contribution in [0.25, 0.3) is 21.3 Å². The zero-order chi connectivity index (χ0) is 20.2. The number of hydrogen-bond acceptors (Lipinski definition) is 4. The highest BCUT2D eigenvalue weighted by Gasteiger charge is 2.21. The molecule has 1 amide bonds. The van der Waals surface area contributed by atoms with E-state index in [1.165, 1.54) is 12.8 Å². The van der Waals surface area contributed by atoms with Crippen LogP contribution in [-0.2, 0) is 6.54 Å². The van der Waals surface area contributed by atoms with Crippen molar-refractivity contribution in [3.8, 4) is 5.75 Å². The van der Waals surface area contributed by atoms with Crippen LogP contribution >= 0.6 is 0 Å². The lowest BCUT2D eigenvalue weighted by Crippen LogP contribution is -2.13. The Labute approximate surface area is 168 Å². The van der Waals surface area contributed by atoms with Crippen molar-refractivity contribution in [3.05, 3.63) is 75.8 Å². The second-order valence-corrected chi connectivity index (χ2v) is 7.28. The van der Waals surface area contributed by atoms with Crippen LogP contribution < -0.4 is 10.1 Å². The van der Waals surface area contributed by atoms with Crippen LogP contribution in [0.15, 0.2) is 53.8 Å². The fourth-order valence-corrected chi connectivity index (χ4v) is 3.12. The first kappa shape index (κ1) is 18.8. The lowest BCUT2D eigenvalue weighted by Gasteiger charge is -2.12. The van der Waals surface area contributed by atoms with E-state index in [4.69, 9.17) is 10.3 Å². The van der Waals surface area contributed by atoms with Gasteiger partial charge in [0.25, 0.3) is 5.91 Å². The SMILES string of the molecule is Cc1c(NC(=O)c2ccc(OCC3CC3)cc2)ccc2cc(CN=[N+]=[N-])cnc12. The highest BCUT2D eigenvalue weighted by atomic mass is 16.5. The van der Waals surface area contributed by atoms with Crippen LogP contribution in [0, 0.1) is 12.8 Å². The molecule has 1 aromatic heterocycles. The number of ether oxygens (including phenoxy) is 1. The lowest BCUT2D eigenvalue weighted by atomic mass is 10.1. The highest BCUT2D eigenvalue weighted by molar-refractivity contribution is 6.06. The van der Waals surface area contributed by atoms with E-state index in [1.54, 1.807) is 18.3 Å². The standard InChI is InChI=1S/C22H21N5O2/c1-14-20(9-6-18-10-16(12-25-27-23)11-24-21(14)18)26-22(28)17-4-7-19(8-5-17)29-13-15-2-3-15/h4-11,15H,2-3,12-13H2,1H3,(H,26,28). The second kappa shape index (κ2) is 8.20. The molecule has 1 heterocycles. The number of aromatic nitrogens is 1. The number of pyridine rings is 1. The normalized spacial score (nSPS) is 13.0. The smallest absolute Gasteiger partial charge is 0.255 e. The van der Waals surface area contributed by atoms with Crippen LogP contribution in [0.4, 0.5) is 5.69 Å². The number of amides is 1. The number of nitrogens with one attached hydrogen (secondary N) is 1. The van der Waals surface area contributed by atoms with Gasteiger partial charge in [0, 0.05) is 27.7 Å². The van der Waals surface area contributed by atoms with E-state index in [9.17, 15) is 4.79 Å². The maximum atomic E-state index is 12.6. The minimum atomic E-state index is -0.179. The van der Waals surface area contributed by atoms with Gasteiger partial charge in [-0.25, -0.2) is 0 Å². The third-order valence-electron chi connectivity index (χ3n) is 5.03. The Morgan fingerprint density at radius 2 is 2.07 bits per heavy atom. The third-order valence-corrected chi connectivity index (χ3v) is 5.03. The van der Waals surface area contributed by atoms with Gasteiger partial charge in [-0.15, -0.1) is 0 Å². The molecular weight excluding hydrogens is 366 g/mol. The molecule has 1 fully saturated rings. The number of hydrogen-bond donors (Lipinski definition) is 1. The summed E-state index contributed by atoms with van der Waals surface area (Å²) in [6.07, 6.45) is 4.18. The number of carbonyl (C=O) groups excluding carboxylic acids is 1. The summed E-state index contributed by atoms with van der Waals surface area (Å²) in [7, 11) is 0.